The first kappa shape index (κ1) is 26.0. The zero-order valence-electron chi connectivity index (χ0n) is 22.1. The maximum atomic E-state index is 13.8. The smallest absolute Gasteiger partial charge is 0.175 e. The first-order valence-electron chi connectivity index (χ1n) is 12.7. The van der Waals surface area contributed by atoms with E-state index in [1.807, 2.05) is 19.1 Å². The summed E-state index contributed by atoms with van der Waals surface area (Å²) in [5.74, 6) is 1.15. The van der Waals surface area contributed by atoms with Crippen LogP contribution >= 0.6 is 15.9 Å². The Labute approximate surface area is 218 Å². The minimum atomic E-state index is -0.388. The van der Waals surface area contributed by atoms with Gasteiger partial charge in [-0.3, -0.25) is 9.59 Å². The minimum absolute atomic E-state index is 0.115. The molecule has 0 amide bonds. The summed E-state index contributed by atoms with van der Waals surface area (Å²) in [5.41, 5.74) is 4.46. The summed E-state index contributed by atoms with van der Waals surface area (Å²) in [6, 6.07) is 3.95. The predicted molar refractivity (Wildman–Crippen MR) is 142 cm³/mol. The number of carbonyl (C=O) groups is 2. The van der Waals surface area contributed by atoms with Crippen LogP contribution in [0.25, 0.3) is 0 Å². The number of nitrogens with zero attached hydrogens (tertiary/aromatic N) is 1. The van der Waals surface area contributed by atoms with Crippen LogP contribution in [0.3, 0.4) is 0 Å². The summed E-state index contributed by atoms with van der Waals surface area (Å²) in [6.45, 7) is 14.1. The van der Waals surface area contributed by atoms with Crippen molar-refractivity contribution in [1.29, 1.82) is 0 Å². The van der Waals surface area contributed by atoms with Gasteiger partial charge in [0.1, 0.15) is 0 Å². The Morgan fingerprint density at radius 3 is 1.94 bits per heavy atom. The van der Waals surface area contributed by atoms with E-state index in [9.17, 15) is 9.59 Å². The molecule has 190 valence electrons. The number of benzene rings is 1. The Morgan fingerprint density at radius 1 is 0.943 bits per heavy atom. The number of allylic oxidation sites excluding steroid dienone is 4. The monoisotopic (exact) mass is 543 g/mol. The third-order valence-corrected chi connectivity index (χ3v) is 7.93. The Bertz CT molecular complexity index is 1070. The highest BCUT2D eigenvalue weighted by atomic mass is 79.9. The summed E-state index contributed by atoms with van der Waals surface area (Å²) < 4.78 is 12.3. The van der Waals surface area contributed by atoms with Crippen LogP contribution in [-0.2, 0) is 9.59 Å². The van der Waals surface area contributed by atoms with Gasteiger partial charge in [-0.05, 0) is 70.6 Å². The molecule has 1 aromatic carbocycles. The predicted octanol–water partition coefficient (Wildman–Crippen LogP) is 6.95. The molecule has 0 N–H and O–H groups in total. The second-order valence-corrected chi connectivity index (χ2v) is 12.5. The molecule has 0 bridgehead atoms. The van der Waals surface area contributed by atoms with Crippen molar-refractivity contribution >= 4 is 27.5 Å². The average Bonchev–Trinajstić information content (AvgIpc) is 2.74. The van der Waals surface area contributed by atoms with Crippen LogP contribution in [0.1, 0.15) is 85.1 Å². The van der Waals surface area contributed by atoms with E-state index in [0.717, 1.165) is 58.4 Å². The fourth-order valence-corrected chi connectivity index (χ4v) is 6.64. The Balaban J connectivity index is 2.01. The van der Waals surface area contributed by atoms with Crippen molar-refractivity contribution in [2.75, 3.05) is 20.3 Å². The second kappa shape index (κ2) is 9.42. The first-order valence-corrected chi connectivity index (χ1v) is 13.5. The lowest BCUT2D eigenvalue weighted by Gasteiger charge is -2.49. The molecule has 2 aliphatic carbocycles. The van der Waals surface area contributed by atoms with Crippen LogP contribution in [0.5, 0.6) is 11.5 Å². The molecule has 5 nitrogen and oxygen atoms in total. The SMILES string of the molecule is CCCN1C2=C(C(=O)CC(C)(C)C2)C(c2cc(Br)c(OCC)c(OC)c2)C2=C1CC(C)(C)CC2=O. The van der Waals surface area contributed by atoms with E-state index in [2.05, 4.69) is 55.4 Å². The highest BCUT2D eigenvalue weighted by molar-refractivity contribution is 9.10. The van der Waals surface area contributed by atoms with Gasteiger partial charge in [0.25, 0.3) is 0 Å². The van der Waals surface area contributed by atoms with Gasteiger partial charge >= 0.3 is 0 Å². The van der Waals surface area contributed by atoms with E-state index in [-0.39, 0.29) is 28.3 Å². The van der Waals surface area contributed by atoms with Crippen LogP contribution in [-0.4, -0.2) is 36.7 Å². The Hall–Kier alpha value is -2.08. The normalized spacial score (nSPS) is 21.8. The molecule has 0 spiro atoms. The number of Topliss-reactive ketones (excluding diaryl/α,β-unsaturated/α-hetero) is 2. The number of methoxy groups -OCH3 is 1. The van der Waals surface area contributed by atoms with Gasteiger partial charge in [-0.1, -0.05) is 34.6 Å². The van der Waals surface area contributed by atoms with Crippen LogP contribution in [0, 0.1) is 10.8 Å². The number of rotatable bonds is 6. The van der Waals surface area contributed by atoms with Gasteiger partial charge in [0.05, 0.1) is 18.2 Å². The van der Waals surface area contributed by atoms with Crippen molar-refractivity contribution in [3.8, 4) is 11.5 Å². The molecule has 0 saturated heterocycles. The largest absolute Gasteiger partial charge is 0.493 e. The van der Waals surface area contributed by atoms with Crippen molar-refractivity contribution in [3.05, 3.63) is 44.7 Å². The summed E-state index contributed by atoms with van der Waals surface area (Å²) in [4.78, 5) is 30.0. The molecular formula is C29H38BrNO4. The van der Waals surface area contributed by atoms with Crippen LogP contribution in [0.15, 0.2) is 39.1 Å². The van der Waals surface area contributed by atoms with Crippen molar-refractivity contribution in [2.45, 2.75) is 79.6 Å². The molecule has 6 heteroatoms. The summed E-state index contributed by atoms with van der Waals surface area (Å²) in [7, 11) is 1.62. The van der Waals surface area contributed by atoms with Crippen LogP contribution in [0.4, 0.5) is 0 Å². The fraction of sp³-hybridized carbons (Fsp3) is 0.586. The van der Waals surface area contributed by atoms with Crippen LogP contribution in [0.2, 0.25) is 0 Å². The molecule has 35 heavy (non-hydrogen) atoms. The van der Waals surface area contributed by atoms with E-state index in [1.54, 1.807) is 7.11 Å². The number of halogens is 1. The number of ketones is 2. The molecule has 3 aliphatic rings. The summed E-state index contributed by atoms with van der Waals surface area (Å²) in [5, 5.41) is 0. The molecule has 0 unspecified atom stereocenters. The van der Waals surface area contributed by atoms with Gasteiger partial charge in [0, 0.05) is 47.8 Å². The van der Waals surface area contributed by atoms with Crippen molar-refractivity contribution in [2.24, 2.45) is 10.8 Å². The maximum Gasteiger partial charge on any atom is 0.175 e. The lowest BCUT2D eigenvalue weighted by molar-refractivity contribution is -0.119. The van der Waals surface area contributed by atoms with E-state index in [1.165, 1.54) is 0 Å². The second-order valence-electron chi connectivity index (χ2n) is 11.7. The molecule has 4 rings (SSSR count). The van der Waals surface area contributed by atoms with Gasteiger partial charge in [-0.2, -0.15) is 0 Å². The van der Waals surface area contributed by atoms with E-state index in [4.69, 9.17) is 9.47 Å². The van der Waals surface area contributed by atoms with Crippen molar-refractivity contribution < 1.29 is 19.1 Å². The molecule has 0 atom stereocenters. The summed E-state index contributed by atoms with van der Waals surface area (Å²) >= 11 is 3.67. The van der Waals surface area contributed by atoms with E-state index >= 15 is 0 Å². The third-order valence-electron chi connectivity index (χ3n) is 7.34. The van der Waals surface area contributed by atoms with Crippen molar-refractivity contribution in [3.63, 3.8) is 0 Å². The topological polar surface area (TPSA) is 55.8 Å². The zero-order chi connectivity index (χ0) is 25.7. The lowest BCUT2D eigenvalue weighted by Crippen LogP contribution is -2.44. The highest BCUT2D eigenvalue weighted by Crippen LogP contribution is 2.55. The van der Waals surface area contributed by atoms with Gasteiger partial charge in [0.15, 0.2) is 23.1 Å². The molecule has 0 fully saturated rings. The molecule has 0 radical (unpaired) electrons. The molecule has 0 saturated carbocycles. The molecule has 1 aromatic rings. The highest BCUT2D eigenvalue weighted by Gasteiger charge is 2.49. The van der Waals surface area contributed by atoms with Gasteiger partial charge in [-0.15, -0.1) is 0 Å². The van der Waals surface area contributed by atoms with Crippen LogP contribution < -0.4 is 9.47 Å². The fourth-order valence-electron chi connectivity index (χ4n) is 6.07. The zero-order valence-corrected chi connectivity index (χ0v) is 23.7. The van der Waals surface area contributed by atoms with Gasteiger partial charge in [-0.25, -0.2) is 0 Å². The minimum Gasteiger partial charge on any atom is -0.493 e. The quantitative estimate of drug-likeness (QED) is 0.388. The number of hydrogen-bond acceptors (Lipinski definition) is 5. The standard InChI is InChI=1S/C29H38BrNO4/c1-8-10-31-19-13-28(3,4)15-21(32)25(19)24(26-20(31)14-29(5,6)16-22(26)33)17-11-18(30)27(35-9-2)23(12-17)34-7/h11-12,24H,8-10,13-16H2,1-7H3. The number of carbonyl (C=O) groups excluding carboxylic acids is 2. The lowest BCUT2D eigenvalue weighted by atomic mass is 9.63. The number of hydrogen-bond donors (Lipinski definition) is 0. The third kappa shape index (κ3) is 4.71. The molecule has 1 aliphatic heterocycles. The van der Waals surface area contributed by atoms with Gasteiger partial charge in [0.2, 0.25) is 0 Å². The average molecular weight is 545 g/mol. The Morgan fingerprint density at radius 2 is 1.49 bits per heavy atom. The van der Waals surface area contributed by atoms with Crippen molar-refractivity contribution in [1.82, 2.24) is 4.90 Å². The number of ether oxygens (including phenoxy) is 2. The van der Waals surface area contributed by atoms with E-state index in [0.29, 0.717) is 30.9 Å². The molecular weight excluding hydrogens is 506 g/mol. The maximum absolute atomic E-state index is 13.8. The molecule has 1 heterocycles. The summed E-state index contributed by atoms with van der Waals surface area (Å²) in [6.07, 6.45) is 3.57. The first-order chi connectivity index (χ1) is 16.4. The van der Waals surface area contributed by atoms with Gasteiger partial charge < -0.3 is 14.4 Å². The van der Waals surface area contributed by atoms with E-state index < -0.39 is 0 Å². The molecule has 0 aromatic heterocycles. The Kier molecular flexibility index (Phi) is 7.00.